The van der Waals surface area contributed by atoms with E-state index in [0.717, 1.165) is 56.5 Å². The first-order chi connectivity index (χ1) is 16.6. The first-order valence-electron chi connectivity index (χ1n) is 11.6. The summed E-state index contributed by atoms with van der Waals surface area (Å²) < 4.78 is 0. The highest BCUT2D eigenvalue weighted by Crippen LogP contribution is 2.23. The number of aromatic nitrogens is 4. The molecule has 3 aromatic rings. The number of rotatable bonds is 8. The van der Waals surface area contributed by atoms with Crippen molar-refractivity contribution in [3.05, 3.63) is 48.7 Å². The Morgan fingerprint density at radius 3 is 2.21 bits per heavy atom. The van der Waals surface area contributed by atoms with Gasteiger partial charge in [0.15, 0.2) is 0 Å². The molecular formula is C24H31N9O. The summed E-state index contributed by atoms with van der Waals surface area (Å²) in [4.78, 5) is 36.5. The molecule has 2 N–H and O–H groups in total. The first kappa shape index (κ1) is 23.2. The number of amides is 1. The number of hydrogen-bond acceptors (Lipinski definition) is 9. The fraction of sp³-hybridized carbons (Fsp3) is 0.375. The van der Waals surface area contributed by atoms with Gasteiger partial charge in [0.25, 0.3) is 0 Å². The molecule has 1 aliphatic heterocycles. The van der Waals surface area contributed by atoms with Crippen LogP contribution in [-0.4, -0.2) is 65.1 Å². The number of carbonyl (C=O) groups excluding carboxylic acids is 1. The van der Waals surface area contributed by atoms with Gasteiger partial charge in [0, 0.05) is 63.8 Å². The number of benzene rings is 1. The molecule has 0 radical (unpaired) electrons. The monoisotopic (exact) mass is 461 g/mol. The lowest BCUT2D eigenvalue weighted by Crippen LogP contribution is -2.47. The summed E-state index contributed by atoms with van der Waals surface area (Å²) in [6.45, 7) is 10.6. The van der Waals surface area contributed by atoms with Gasteiger partial charge in [0.1, 0.15) is 5.82 Å². The van der Waals surface area contributed by atoms with Crippen molar-refractivity contribution in [2.75, 3.05) is 64.6 Å². The molecule has 1 amide bonds. The maximum Gasteiger partial charge on any atom is 0.233 e. The van der Waals surface area contributed by atoms with Gasteiger partial charge in [-0.3, -0.25) is 4.79 Å². The summed E-state index contributed by atoms with van der Waals surface area (Å²) in [5.41, 5.74) is 1.57. The van der Waals surface area contributed by atoms with Crippen LogP contribution in [0.1, 0.15) is 20.8 Å². The van der Waals surface area contributed by atoms with E-state index >= 15 is 0 Å². The normalized spacial score (nSPS) is 13.5. The molecule has 1 aliphatic rings. The molecule has 4 rings (SSSR count). The Bertz CT molecular complexity index is 1080. The van der Waals surface area contributed by atoms with E-state index in [1.54, 1.807) is 0 Å². The number of hydrogen-bond donors (Lipinski definition) is 2. The van der Waals surface area contributed by atoms with Crippen molar-refractivity contribution in [3.63, 3.8) is 0 Å². The van der Waals surface area contributed by atoms with Gasteiger partial charge < -0.3 is 25.3 Å². The van der Waals surface area contributed by atoms with Crippen LogP contribution in [0.15, 0.2) is 48.7 Å². The molecule has 0 unspecified atom stereocenters. The molecule has 178 valence electrons. The first-order valence-corrected chi connectivity index (χ1v) is 11.6. The van der Waals surface area contributed by atoms with Crippen molar-refractivity contribution in [3.8, 4) is 0 Å². The second kappa shape index (κ2) is 10.8. The number of carbonyl (C=O) groups is 1. The van der Waals surface area contributed by atoms with Crippen LogP contribution in [-0.2, 0) is 4.79 Å². The molecule has 10 nitrogen and oxygen atoms in total. The third kappa shape index (κ3) is 5.69. The summed E-state index contributed by atoms with van der Waals surface area (Å²) in [5, 5.41) is 6.07. The van der Waals surface area contributed by atoms with Crippen molar-refractivity contribution in [1.29, 1.82) is 0 Å². The Hall–Kier alpha value is -3.95. The number of nitrogens with zero attached hydrogens (tertiary/aromatic N) is 7. The highest BCUT2D eigenvalue weighted by atomic mass is 16.1. The van der Waals surface area contributed by atoms with Gasteiger partial charge in [-0.25, -0.2) is 4.98 Å². The molecule has 2 aromatic heterocycles. The predicted molar refractivity (Wildman–Crippen MR) is 136 cm³/mol. The SMILES string of the molecule is CCN(CC)c1nc(Nc2ccc(NC(C)=O)cc2)nc(N2CCN(c3ccccn3)CC2)n1. The van der Waals surface area contributed by atoms with Crippen LogP contribution in [0.25, 0.3) is 0 Å². The molecule has 10 heteroatoms. The Morgan fingerprint density at radius 2 is 1.59 bits per heavy atom. The molecule has 0 spiro atoms. The van der Waals surface area contributed by atoms with Crippen molar-refractivity contribution in [2.45, 2.75) is 20.8 Å². The molecular weight excluding hydrogens is 430 g/mol. The van der Waals surface area contributed by atoms with Crippen LogP contribution in [0, 0.1) is 0 Å². The summed E-state index contributed by atoms with van der Waals surface area (Å²) in [6.07, 6.45) is 1.82. The number of anilines is 6. The lowest BCUT2D eigenvalue weighted by atomic mass is 10.3. The van der Waals surface area contributed by atoms with E-state index in [-0.39, 0.29) is 5.91 Å². The van der Waals surface area contributed by atoms with Crippen molar-refractivity contribution in [1.82, 2.24) is 19.9 Å². The average molecular weight is 462 g/mol. The topological polar surface area (TPSA) is 102 Å². The summed E-state index contributed by atoms with van der Waals surface area (Å²) in [6, 6.07) is 13.4. The largest absolute Gasteiger partial charge is 0.353 e. The van der Waals surface area contributed by atoms with E-state index in [1.165, 1.54) is 6.92 Å². The molecule has 0 saturated carbocycles. The molecule has 0 aliphatic carbocycles. The maximum absolute atomic E-state index is 11.3. The quantitative estimate of drug-likeness (QED) is 0.524. The minimum Gasteiger partial charge on any atom is -0.353 e. The van der Waals surface area contributed by atoms with E-state index in [2.05, 4.69) is 49.1 Å². The Labute approximate surface area is 200 Å². The van der Waals surface area contributed by atoms with Gasteiger partial charge in [-0.15, -0.1) is 0 Å². The number of nitrogens with one attached hydrogen (secondary N) is 2. The van der Waals surface area contributed by atoms with Crippen molar-refractivity contribution >= 4 is 40.9 Å². The van der Waals surface area contributed by atoms with Crippen LogP contribution in [0.4, 0.5) is 35.0 Å². The minimum atomic E-state index is -0.102. The lowest BCUT2D eigenvalue weighted by molar-refractivity contribution is -0.114. The van der Waals surface area contributed by atoms with Gasteiger partial charge in [0.05, 0.1) is 0 Å². The van der Waals surface area contributed by atoms with E-state index in [4.69, 9.17) is 9.97 Å². The number of pyridine rings is 1. The predicted octanol–water partition coefficient (Wildman–Crippen LogP) is 3.14. The summed E-state index contributed by atoms with van der Waals surface area (Å²) in [5.74, 6) is 2.70. The zero-order valence-electron chi connectivity index (χ0n) is 19.9. The van der Waals surface area contributed by atoms with Crippen LogP contribution in [0.5, 0.6) is 0 Å². The Kier molecular flexibility index (Phi) is 7.36. The van der Waals surface area contributed by atoms with Crippen LogP contribution in [0.3, 0.4) is 0 Å². The number of piperazine rings is 1. The molecule has 1 fully saturated rings. The van der Waals surface area contributed by atoms with Crippen LogP contribution < -0.4 is 25.3 Å². The molecule has 1 saturated heterocycles. The van der Waals surface area contributed by atoms with E-state index in [1.807, 2.05) is 48.7 Å². The standard InChI is InChI=1S/C24H31N9O/c1-4-31(5-2)23-28-22(27-20-11-9-19(10-12-20)26-18(3)34)29-24(30-23)33-16-14-32(15-17-33)21-8-6-7-13-25-21/h6-13H,4-5,14-17H2,1-3H3,(H,26,34)(H,27,28,29,30). The summed E-state index contributed by atoms with van der Waals surface area (Å²) >= 11 is 0. The molecule has 34 heavy (non-hydrogen) atoms. The Morgan fingerprint density at radius 1 is 0.912 bits per heavy atom. The fourth-order valence-corrected chi connectivity index (χ4v) is 3.84. The summed E-state index contributed by atoms with van der Waals surface area (Å²) in [7, 11) is 0. The third-order valence-electron chi connectivity index (χ3n) is 5.66. The van der Waals surface area contributed by atoms with Crippen LogP contribution >= 0.6 is 0 Å². The van der Waals surface area contributed by atoms with E-state index in [0.29, 0.717) is 17.8 Å². The maximum atomic E-state index is 11.3. The minimum absolute atomic E-state index is 0.102. The Balaban J connectivity index is 1.53. The zero-order valence-corrected chi connectivity index (χ0v) is 19.9. The molecule has 1 aromatic carbocycles. The average Bonchev–Trinajstić information content (AvgIpc) is 2.86. The fourth-order valence-electron chi connectivity index (χ4n) is 3.84. The molecule has 0 bridgehead atoms. The van der Waals surface area contributed by atoms with E-state index in [9.17, 15) is 4.79 Å². The third-order valence-corrected chi connectivity index (χ3v) is 5.66. The van der Waals surface area contributed by atoms with Gasteiger partial charge in [0.2, 0.25) is 23.8 Å². The molecule has 3 heterocycles. The second-order valence-electron chi connectivity index (χ2n) is 7.98. The van der Waals surface area contributed by atoms with Gasteiger partial charge in [-0.2, -0.15) is 15.0 Å². The lowest BCUT2D eigenvalue weighted by Gasteiger charge is -2.35. The zero-order chi connectivity index (χ0) is 23.9. The second-order valence-corrected chi connectivity index (χ2v) is 7.98. The van der Waals surface area contributed by atoms with Crippen molar-refractivity contribution < 1.29 is 4.79 Å². The van der Waals surface area contributed by atoms with Crippen molar-refractivity contribution in [2.24, 2.45) is 0 Å². The highest BCUT2D eigenvalue weighted by molar-refractivity contribution is 5.88. The smallest absolute Gasteiger partial charge is 0.233 e. The van der Waals surface area contributed by atoms with Gasteiger partial charge in [-0.1, -0.05) is 6.07 Å². The van der Waals surface area contributed by atoms with Crippen LogP contribution in [0.2, 0.25) is 0 Å². The molecule has 0 atom stereocenters. The van der Waals surface area contributed by atoms with E-state index < -0.39 is 0 Å². The van der Waals surface area contributed by atoms with Gasteiger partial charge >= 0.3 is 0 Å². The van der Waals surface area contributed by atoms with Gasteiger partial charge in [-0.05, 0) is 50.2 Å². The highest BCUT2D eigenvalue weighted by Gasteiger charge is 2.22.